The summed E-state index contributed by atoms with van der Waals surface area (Å²) in [5.41, 5.74) is 1.05. The van der Waals surface area contributed by atoms with E-state index in [4.69, 9.17) is 4.74 Å². The molecule has 0 saturated heterocycles. The average Bonchev–Trinajstić information content (AvgIpc) is 2.44. The van der Waals surface area contributed by atoms with Crippen LogP contribution in [0.25, 0.3) is 0 Å². The van der Waals surface area contributed by atoms with E-state index < -0.39 is 0 Å². The minimum atomic E-state index is 0.313. The highest BCUT2D eigenvalue weighted by atomic mass is 16.5. The van der Waals surface area contributed by atoms with Crippen LogP contribution >= 0.6 is 0 Å². The minimum Gasteiger partial charge on any atom is -0.508 e. The maximum Gasteiger partial charge on any atom is 0.115 e. The Labute approximate surface area is 116 Å². The molecular formula is C16H25NO2. The Kier molecular flexibility index (Phi) is 5.67. The Bertz CT molecular complexity index is 373. The second kappa shape index (κ2) is 7.51. The van der Waals surface area contributed by atoms with E-state index in [0.29, 0.717) is 24.5 Å². The molecule has 0 aliphatic heterocycles. The lowest BCUT2D eigenvalue weighted by molar-refractivity contribution is 0.0113. The van der Waals surface area contributed by atoms with E-state index in [1.165, 1.54) is 19.3 Å². The Morgan fingerprint density at radius 2 is 2.05 bits per heavy atom. The summed E-state index contributed by atoms with van der Waals surface area (Å²) in [6.07, 6.45) is 6.28. The summed E-state index contributed by atoms with van der Waals surface area (Å²) in [7, 11) is 0. The predicted molar refractivity (Wildman–Crippen MR) is 77.2 cm³/mol. The van der Waals surface area contributed by atoms with Crippen molar-refractivity contribution in [2.24, 2.45) is 0 Å². The van der Waals surface area contributed by atoms with E-state index in [0.717, 1.165) is 24.9 Å². The molecule has 1 saturated carbocycles. The fourth-order valence-electron chi connectivity index (χ4n) is 2.64. The zero-order chi connectivity index (χ0) is 13.5. The predicted octanol–water partition coefficient (Wildman–Crippen LogP) is 3.22. The van der Waals surface area contributed by atoms with Gasteiger partial charge in [-0.15, -0.1) is 0 Å². The fraction of sp³-hybridized carbons (Fsp3) is 0.625. The van der Waals surface area contributed by atoms with Crippen LogP contribution in [0.5, 0.6) is 5.75 Å². The Balaban J connectivity index is 1.68. The largest absolute Gasteiger partial charge is 0.508 e. The molecule has 0 amide bonds. The van der Waals surface area contributed by atoms with Crippen LogP contribution in [0.4, 0.5) is 0 Å². The molecule has 0 spiro atoms. The number of phenolic OH excluding ortho intramolecular Hbond substituents is 1. The number of aromatic hydroxyl groups is 1. The van der Waals surface area contributed by atoms with Crippen molar-refractivity contribution in [2.75, 3.05) is 6.54 Å². The summed E-state index contributed by atoms with van der Waals surface area (Å²) in [6.45, 7) is 3.93. The molecule has 1 fully saturated rings. The summed E-state index contributed by atoms with van der Waals surface area (Å²) < 4.78 is 5.94. The fourth-order valence-corrected chi connectivity index (χ4v) is 2.64. The van der Waals surface area contributed by atoms with Crippen molar-refractivity contribution in [3.63, 3.8) is 0 Å². The van der Waals surface area contributed by atoms with E-state index in [1.54, 1.807) is 12.1 Å². The lowest BCUT2D eigenvalue weighted by atomic mass is 9.93. The van der Waals surface area contributed by atoms with Gasteiger partial charge in [0.2, 0.25) is 0 Å². The van der Waals surface area contributed by atoms with E-state index in [1.807, 2.05) is 12.1 Å². The number of rotatable bonds is 6. The van der Waals surface area contributed by atoms with Crippen LogP contribution in [-0.4, -0.2) is 23.8 Å². The third-order valence-electron chi connectivity index (χ3n) is 3.75. The van der Waals surface area contributed by atoms with Gasteiger partial charge >= 0.3 is 0 Å². The molecule has 0 atom stereocenters. The van der Waals surface area contributed by atoms with Crippen LogP contribution in [0.2, 0.25) is 0 Å². The summed E-state index contributed by atoms with van der Waals surface area (Å²) in [5, 5.41) is 13.0. The standard InChI is InChI=1S/C16H25NO2/c1-2-10-17-14-6-8-16(9-7-14)19-12-13-4-3-5-15(18)11-13/h3-5,11,14,16-18H,2,6-10,12H2,1H3. The molecule has 2 rings (SSSR count). The molecule has 106 valence electrons. The van der Waals surface area contributed by atoms with Gasteiger partial charge in [0, 0.05) is 6.04 Å². The molecule has 19 heavy (non-hydrogen) atoms. The summed E-state index contributed by atoms with van der Waals surface area (Å²) >= 11 is 0. The molecule has 1 aliphatic rings. The first-order valence-corrected chi connectivity index (χ1v) is 7.41. The molecule has 3 heteroatoms. The first kappa shape index (κ1) is 14.4. The van der Waals surface area contributed by atoms with Gasteiger partial charge in [-0.05, 0) is 56.3 Å². The molecule has 3 nitrogen and oxygen atoms in total. The van der Waals surface area contributed by atoms with Crippen LogP contribution in [0, 0.1) is 0 Å². The van der Waals surface area contributed by atoms with E-state index in [2.05, 4.69) is 12.2 Å². The second-order valence-electron chi connectivity index (χ2n) is 5.41. The van der Waals surface area contributed by atoms with Crippen LogP contribution in [-0.2, 0) is 11.3 Å². The first-order valence-electron chi connectivity index (χ1n) is 7.41. The first-order chi connectivity index (χ1) is 9.28. The third kappa shape index (κ3) is 4.84. The maximum absolute atomic E-state index is 9.40. The van der Waals surface area contributed by atoms with Crippen LogP contribution in [0.1, 0.15) is 44.6 Å². The van der Waals surface area contributed by atoms with Crippen LogP contribution in [0.3, 0.4) is 0 Å². The smallest absolute Gasteiger partial charge is 0.115 e. The number of hydrogen-bond acceptors (Lipinski definition) is 3. The highest BCUT2D eigenvalue weighted by molar-refractivity contribution is 5.26. The van der Waals surface area contributed by atoms with Gasteiger partial charge in [0.05, 0.1) is 12.7 Å². The van der Waals surface area contributed by atoms with Crippen molar-refractivity contribution >= 4 is 0 Å². The van der Waals surface area contributed by atoms with E-state index >= 15 is 0 Å². The Hall–Kier alpha value is -1.06. The lowest BCUT2D eigenvalue weighted by Gasteiger charge is -2.29. The number of benzene rings is 1. The normalized spacial score (nSPS) is 23.4. The molecular weight excluding hydrogens is 238 g/mol. The van der Waals surface area contributed by atoms with Crippen molar-refractivity contribution < 1.29 is 9.84 Å². The highest BCUT2D eigenvalue weighted by Crippen LogP contribution is 2.22. The molecule has 0 bridgehead atoms. The number of hydrogen-bond donors (Lipinski definition) is 2. The van der Waals surface area contributed by atoms with Crippen molar-refractivity contribution in [1.29, 1.82) is 0 Å². The molecule has 1 aliphatic carbocycles. The molecule has 2 N–H and O–H groups in total. The van der Waals surface area contributed by atoms with Gasteiger partial charge in [-0.1, -0.05) is 19.1 Å². The molecule has 0 unspecified atom stereocenters. The summed E-state index contributed by atoms with van der Waals surface area (Å²) in [4.78, 5) is 0. The highest BCUT2D eigenvalue weighted by Gasteiger charge is 2.20. The van der Waals surface area contributed by atoms with Gasteiger partial charge in [0.15, 0.2) is 0 Å². The molecule has 0 aromatic heterocycles. The van der Waals surface area contributed by atoms with Crippen molar-refractivity contribution in [3.8, 4) is 5.75 Å². The van der Waals surface area contributed by atoms with Gasteiger partial charge in [-0.2, -0.15) is 0 Å². The van der Waals surface area contributed by atoms with Gasteiger partial charge in [-0.25, -0.2) is 0 Å². The lowest BCUT2D eigenvalue weighted by Crippen LogP contribution is -2.35. The molecule has 1 aromatic carbocycles. The van der Waals surface area contributed by atoms with Gasteiger partial charge in [0.25, 0.3) is 0 Å². The Morgan fingerprint density at radius 3 is 2.74 bits per heavy atom. The number of nitrogens with one attached hydrogen (secondary N) is 1. The zero-order valence-electron chi connectivity index (χ0n) is 11.8. The molecule has 0 heterocycles. The monoisotopic (exact) mass is 263 g/mol. The van der Waals surface area contributed by atoms with Gasteiger partial charge in [-0.3, -0.25) is 0 Å². The zero-order valence-corrected chi connectivity index (χ0v) is 11.8. The van der Waals surface area contributed by atoms with E-state index in [-0.39, 0.29) is 0 Å². The average molecular weight is 263 g/mol. The van der Waals surface area contributed by atoms with Gasteiger partial charge in [0.1, 0.15) is 5.75 Å². The Morgan fingerprint density at radius 1 is 1.26 bits per heavy atom. The number of ether oxygens (including phenoxy) is 1. The van der Waals surface area contributed by atoms with E-state index in [9.17, 15) is 5.11 Å². The van der Waals surface area contributed by atoms with Crippen molar-refractivity contribution in [1.82, 2.24) is 5.32 Å². The second-order valence-corrected chi connectivity index (χ2v) is 5.41. The van der Waals surface area contributed by atoms with Gasteiger partial charge < -0.3 is 15.2 Å². The van der Waals surface area contributed by atoms with Crippen molar-refractivity contribution in [2.45, 2.75) is 57.8 Å². The van der Waals surface area contributed by atoms with Crippen molar-refractivity contribution in [3.05, 3.63) is 29.8 Å². The van der Waals surface area contributed by atoms with Crippen LogP contribution < -0.4 is 5.32 Å². The quantitative estimate of drug-likeness (QED) is 0.828. The topological polar surface area (TPSA) is 41.5 Å². The van der Waals surface area contributed by atoms with Crippen LogP contribution in [0.15, 0.2) is 24.3 Å². The molecule has 0 radical (unpaired) electrons. The molecule has 1 aromatic rings. The third-order valence-corrected chi connectivity index (χ3v) is 3.75. The summed E-state index contributed by atoms with van der Waals surface area (Å²) in [6, 6.07) is 8.00. The maximum atomic E-state index is 9.40. The SMILES string of the molecule is CCCNC1CCC(OCc2cccc(O)c2)CC1. The minimum absolute atomic E-state index is 0.313. The number of phenols is 1. The summed E-state index contributed by atoms with van der Waals surface area (Å²) in [5.74, 6) is 0.313.